The third-order valence-electron chi connectivity index (χ3n) is 2.60. The highest BCUT2D eigenvalue weighted by atomic mass is 16.2. The maximum absolute atomic E-state index is 12.3. The number of carbonyl (C=O) groups excluding carboxylic acids is 1. The maximum atomic E-state index is 12.3. The normalized spacial score (nSPS) is 9.89. The zero-order valence-corrected chi connectivity index (χ0v) is 10.3. The molecular formula is C13H14N4O. The zero-order chi connectivity index (χ0) is 13.0. The van der Waals surface area contributed by atoms with E-state index in [4.69, 9.17) is 0 Å². The lowest BCUT2D eigenvalue weighted by molar-refractivity contribution is 0.0993. The van der Waals surface area contributed by atoms with Gasteiger partial charge in [0.1, 0.15) is 5.82 Å². The van der Waals surface area contributed by atoms with Gasteiger partial charge in [-0.3, -0.25) is 9.78 Å². The molecule has 2 rings (SSSR count). The van der Waals surface area contributed by atoms with Gasteiger partial charge in [0, 0.05) is 32.1 Å². The van der Waals surface area contributed by atoms with Gasteiger partial charge in [0.25, 0.3) is 5.91 Å². The quantitative estimate of drug-likeness (QED) is 0.891. The van der Waals surface area contributed by atoms with Crippen LogP contribution >= 0.6 is 0 Å². The fourth-order valence-electron chi connectivity index (χ4n) is 1.56. The van der Waals surface area contributed by atoms with Crippen molar-refractivity contribution < 1.29 is 4.79 Å². The minimum atomic E-state index is -0.0955. The summed E-state index contributed by atoms with van der Waals surface area (Å²) in [5.41, 5.74) is 1.34. The van der Waals surface area contributed by atoms with Crippen LogP contribution in [0.1, 0.15) is 10.4 Å². The molecule has 2 aromatic rings. The number of carbonyl (C=O) groups is 1. The van der Waals surface area contributed by atoms with Crippen LogP contribution in [0, 0.1) is 0 Å². The Morgan fingerprint density at radius 1 is 1.33 bits per heavy atom. The predicted molar refractivity (Wildman–Crippen MR) is 70.8 cm³/mol. The largest absolute Gasteiger partial charge is 0.373 e. The highest BCUT2D eigenvalue weighted by molar-refractivity contribution is 6.05. The average Bonchev–Trinajstić information content (AvgIpc) is 2.46. The number of amides is 1. The number of rotatable bonds is 3. The molecule has 0 unspecified atom stereocenters. The van der Waals surface area contributed by atoms with Gasteiger partial charge in [-0.15, -0.1) is 0 Å². The third kappa shape index (κ3) is 2.45. The summed E-state index contributed by atoms with van der Waals surface area (Å²) in [5, 5.41) is 2.91. The molecule has 5 heteroatoms. The smallest absolute Gasteiger partial charge is 0.258 e. The Bertz CT molecular complexity index is 542. The van der Waals surface area contributed by atoms with E-state index < -0.39 is 0 Å². The second-order valence-corrected chi connectivity index (χ2v) is 3.76. The van der Waals surface area contributed by atoms with E-state index in [0.717, 1.165) is 5.69 Å². The summed E-state index contributed by atoms with van der Waals surface area (Å²) < 4.78 is 0. The summed E-state index contributed by atoms with van der Waals surface area (Å²) >= 11 is 0. The van der Waals surface area contributed by atoms with Crippen LogP contribution in [0.3, 0.4) is 0 Å². The van der Waals surface area contributed by atoms with Crippen molar-refractivity contribution in [3.63, 3.8) is 0 Å². The fraction of sp³-hybridized carbons (Fsp3) is 0.154. The van der Waals surface area contributed by atoms with E-state index in [1.165, 1.54) is 0 Å². The fourth-order valence-corrected chi connectivity index (χ4v) is 1.56. The van der Waals surface area contributed by atoms with Crippen molar-refractivity contribution >= 4 is 17.4 Å². The Morgan fingerprint density at radius 3 is 2.83 bits per heavy atom. The molecule has 0 spiro atoms. The standard InChI is InChI=1S/C13H14N4O/c1-14-12-8-10(5-7-16-12)13(18)17(2)11-4-3-6-15-9-11/h3-9H,1-2H3,(H,14,16). The maximum Gasteiger partial charge on any atom is 0.258 e. The first kappa shape index (κ1) is 12.0. The van der Waals surface area contributed by atoms with Gasteiger partial charge < -0.3 is 10.2 Å². The monoisotopic (exact) mass is 242 g/mol. The third-order valence-corrected chi connectivity index (χ3v) is 2.60. The molecule has 0 bridgehead atoms. The molecule has 0 atom stereocenters. The molecule has 2 aromatic heterocycles. The van der Waals surface area contributed by atoms with Gasteiger partial charge in [0.2, 0.25) is 0 Å². The van der Waals surface area contributed by atoms with Crippen LogP contribution in [0.25, 0.3) is 0 Å². The van der Waals surface area contributed by atoms with E-state index in [9.17, 15) is 4.79 Å². The highest BCUT2D eigenvalue weighted by Crippen LogP contribution is 2.14. The van der Waals surface area contributed by atoms with Gasteiger partial charge >= 0.3 is 0 Å². The Hall–Kier alpha value is -2.43. The Morgan fingerprint density at radius 2 is 2.17 bits per heavy atom. The highest BCUT2D eigenvalue weighted by Gasteiger charge is 2.13. The van der Waals surface area contributed by atoms with Crippen molar-refractivity contribution in [3.8, 4) is 0 Å². The first-order chi connectivity index (χ1) is 8.72. The first-order valence-corrected chi connectivity index (χ1v) is 5.54. The number of nitrogens with one attached hydrogen (secondary N) is 1. The van der Waals surface area contributed by atoms with Crippen molar-refractivity contribution in [3.05, 3.63) is 48.4 Å². The lowest BCUT2D eigenvalue weighted by Gasteiger charge is -2.16. The molecule has 0 fully saturated rings. The summed E-state index contributed by atoms with van der Waals surface area (Å²) in [7, 11) is 3.49. The Labute approximate surface area is 105 Å². The molecule has 0 aliphatic rings. The van der Waals surface area contributed by atoms with Crippen molar-refractivity contribution in [2.24, 2.45) is 0 Å². The van der Waals surface area contributed by atoms with Crippen molar-refractivity contribution in [1.82, 2.24) is 9.97 Å². The second kappa shape index (κ2) is 5.27. The molecule has 1 N–H and O–H groups in total. The molecular weight excluding hydrogens is 228 g/mol. The van der Waals surface area contributed by atoms with E-state index in [2.05, 4.69) is 15.3 Å². The van der Waals surface area contributed by atoms with Gasteiger partial charge in [-0.05, 0) is 24.3 Å². The molecule has 0 aromatic carbocycles. The van der Waals surface area contributed by atoms with Crippen LogP contribution in [0.5, 0.6) is 0 Å². The summed E-state index contributed by atoms with van der Waals surface area (Å²) in [6.07, 6.45) is 4.93. The molecule has 92 valence electrons. The van der Waals surface area contributed by atoms with Crippen molar-refractivity contribution in [2.75, 3.05) is 24.3 Å². The van der Waals surface area contributed by atoms with Gasteiger partial charge in [-0.25, -0.2) is 4.98 Å². The Kier molecular flexibility index (Phi) is 3.52. The van der Waals surface area contributed by atoms with Crippen molar-refractivity contribution in [1.29, 1.82) is 0 Å². The number of hydrogen-bond donors (Lipinski definition) is 1. The zero-order valence-electron chi connectivity index (χ0n) is 10.3. The number of aromatic nitrogens is 2. The summed E-state index contributed by atoms with van der Waals surface area (Å²) in [6, 6.07) is 7.04. The van der Waals surface area contributed by atoms with Gasteiger partial charge in [0.15, 0.2) is 0 Å². The molecule has 0 aliphatic carbocycles. The van der Waals surface area contributed by atoms with Gasteiger partial charge in [-0.2, -0.15) is 0 Å². The van der Waals surface area contributed by atoms with Crippen LogP contribution in [-0.2, 0) is 0 Å². The molecule has 0 aliphatic heterocycles. The molecule has 0 saturated carbocycles. The van der Waals surface area contributed by atoms with E-state index >= 15 is 0 Å². The molecule has 2 heterocycles. The molecule has 5 nitrogen and oxygen atoms in total. The molecule has 0 saturated heterocycles. The van der Waals surface area contributed by atoms with Crippen LogP contribution in [0.15, 0.2) is 42.9 Å². The first-order valence-electron chi connectivity index (χ1n) is 5.54. The summed E-state index contributed by atoms with van der Waals surface area (Å²) in [6.45, 7) is 0. The lowest BCUT2D eigenvalue weighted by atomic mass is 10.2. The second-order valence-electron chi connectivity index (χ2n) is 3.76. The number of hydrogen-bond acceptors (Lipinski definition) is 4. The van der Waals surface area contributed by atoms with E-state index in [0.29, 0.717) is 11.4 Å². The predicted octanol–water partition coefficient (Wildman–Crippen LogP) is 1.79. The number of nitrogens with zero attached hydrogens (tertiary/aromatic N) is 3. The molecule has 18 heavy (non-hydrogen) atoms. The van der Waals surface area contributed by atoms with Crippen molar-refractivity contribution in [2.45, 2.75) is 0 Å². The van der Waals surface area contributed by atoms with Crippen LogP contribution in [0.4, 0.5) is 11.5 Å². The summed E-state index contributed by atoms with van der Waals surface area (Å²) in [5.74, 6) is 0.572. The van der Waals surface area contributed by atoms with Gasteiger partial charge in [0.05, 0.1) is 11.9 Å². The number of anilines is 2. The SMILES string of the molecule is CNc1cc(C(=O)N(C)c2cccnc2)ccn1. The van der Waals surface area contributed by atoms with E-state index in [1.807, 2.05) is 6.07 Å². The topological polar surface area (TPSA) is 58.1 Å². The average molecular weight is 242 g/mol. The van der Waals surface area contributed by atoms with Crippen LogP contribution in [0.2, 0.25) is 0 Å². The summed E-state index contributed by atoms with van der Waals surface area (Å²) in [4.78, 5) is 21.9. The number of pyridine rings is 2. The van der Waals surface area contributed by atoms with E-state index in [1.54, 1.807) is 55.8 Å². The molecule has 0 radical (unpaired) electrons. The minimum Gasteiger partial charge on any atom is -0.373 e. The Balaban J connectivity index is 2.25. The van der Waals surface area contributed by atoms with Gasteiger partial charge in [-0.1, -0.05) is 0 Å². The van der Waals surface area contributed by atoms with E-state index in [-0.39, 0.29) is 5.91 Å². The lowest BCUT2D eigenvalue weighted by Crippen LogP contribution is -2.26. The van der Waals surface area contributed by atoms with Crippen LogP contribution < -0.4 is 10.2 Å². The molecule has 1 amide bonds. The minimum absolute atomic E-state index is 0.0955. The van der Waals surface area contributed by atoms with Crippen LogP contribution in [-0.4, -0.2) is 30.0 Å².